The van der Waals surface area contributed by atoms with Gasteiger partial charge in [0.25, 0.3) is 0 Å². The molecule has 0 aliphatic carbocycles. The van der Waals surface area contributed by atoms with Crippen molar-refractivity contribution in [2.24, 2.45) is 0 Å². The van der Waals surface area contributed by atoms with E-state index in [1.165, 1.54) is 0 Å². The van der Waals surface area contributed by atoms with E-state index in [0.29, 0.717) is 6.61 Å². The molecule has 0 aliphatic heterocycles. The lowest BCUT2D eigenvalue weighted by atomic mass is 10.2. The van der Waals surface area contributed by atoms with Gasteiger partial charge in [0.05, 0.1) is 13.2 Å². The van der Waals surface area contributed by atoms with Crippen LogP contribution < -0.4 is 0 Å². The summed E-state index contributed by atoms with van der Waals surface area (Å²) >= 11 is 0. The first kappa shape index (κ1) is 9.23. The normalized spacial score (nSPS) is 12.8. The molecule has 0 saturated carbocycles. The molecule has 12 heavy (non-hydrogen) atoms. The smallest absolute Gasteiger partial charge is 0.113 e. The Labute approximate surface area is 72.8 Å². The molecule has 1 radical (unpaired) electrons. The molecule has 0 bridgehead atoms. The molecule has 0 aliphatic rings. The second-order valence-electron chi connectivity index (χ2n) is 2.81. The molecule has 2 nitrogen and oxygen atoms in total. The zero-order valence-corrected chi connectivity index (χ0v) is 7.19. The lowest BCUT2D eigenvalue weighted by Crippen LogP contribution is -2.08. The van der Waals surface area contributed by atoms with Crippen molar-refractivity contribution in [3.05, 3.63) is 35.9 Å². The Balaban J connectivity index is 2.25. The minimum Gasteiger partial charge on any atom is -0.374 e. The molecule has 1 atom stereocenters. The maximum atomic E-state index is 10.6. The van der Waals surface area contributed by atoms with Crippen molar-refractivity contribution in [1.82, 2.24) is 0 Å². The summed E-state index contributed by atoms with van der Waals surface area (Å²) in [5.41, 5.74) is 1.11. The van der Waals surface area contributed by atoms with Gasteiger partial charge in [-0.3, -0.25) is 0 Å². The summed E-state index contributed by atoms with van der Waals surface area (Å²) in [7, 11) is 0. The zero-order valence-electron chi connectivity index (χ0n) is 7.19. The van der Waals surface area contributed by atoms with E-state index in [1.807, 2.05) is 30.3 Å². The molecule has 0 aromatic heterocycles. The van der Waals surface area contributed by atoms with E-state index >= 15 is 0 Å². The van der Waals surface area contributed by atoms with Gasteiger partial charge in [-0.2, -0.15) is 0 Å². The van der Waals surface area contributed by atoms with Gasteiger partial charge in [0, 0.05) is 0 Å². The van der Waals surface area contributed by atoms with E-state index in [-0.39, 0.29) is 6.61 Å². The van der Waals surface area contributed by atoms with Crippen LogP contribution in [0.5, 0.6) is 0 Å². The highest BCUT2D eigenvalue weighted by atomic mass is 16.5. The van der Waals surface area contributed by atoms with Gasteiger partial charge in [0.15, 0.2) is 0 Å². The molecule has 2 heteroatoms. The van der Waals surface area contributed by atoms with Crippen LogP contribution in [0.2, 0.25) is 0 Å². The molecule has 1 unspecified atom stereocenters. The predicted molar refractivity (Wildman–Crippen MR) is 46.2 cm³/mol. The van der Waals surface area contributed by atoms with E-state index < -0.39 is 6.10 Å². The van der Waals surface area contributed by atoms with Crippen molar-refractivity contribution in [3.63, 3.8) is 0 Å². The average Bonchev–Trinajstić information content (AvgIpc) is 2.05. The van der Waals surface area contributed by atoms with Crippen LogP contribution in [-0.4, -0.2) is 12.7 Å². The molecule has 65 valence electrons. The molecule has 1 rings (SSSR count). The maximum absolute atomic E-state index is 10.6. The Morgan fingerprint density at radius 2 is 2.00 bits per heavy atom. The van der Waals surface area contributed by atoms with Crippen LogP contribution in [0.15, 0.2) is 30.3 Å². The van der Waals surface area contributed by atoms with Crippen LogP contribution in [0.4, 0.5) is 0 Å². The third-order valence-corrected chi connectivity index (χ3v) is 1.46. The Morgan fingerprint density at radius 1 is 1.33 bits per heavy atom. The third-order valence-electron chi connectivity index (χ3n) is 1.46. The molecule has 0 spiro atoms. The third kappa shape index (κ3) is 3.51. The van der Waals surface area contributed by atoms with E-state index in [4.69, 9.17) is 4.74 Å². The van der Waals surface area contributed by atoms with Gasteiger partial charge in [-0.25, -0.2) is 5.11 Å². The standard InChI is InChI=1S/C10H13O2/c1-9(11)7-12-8-10-5-3-2-4-6-10/h2-6,9H,7-8H2,1H3. The van der Waals surface area contributed by atoms with Crippen LogP contribution in [0, 0.1) is 0 Å². The van der Waals surface area contributed by atoms with Gasteiger partial charge < -0.3 is 4.74 Å². The zero-order chi connectivity index (χ0) is 8.81. The molecule has 1 aromatic carbocycles. The average molecular weight is 165 g/mol. The molecular formula is C10H13O2. The van der Waals surface area contributed by atoms with Crippen molar-refractivity contribution >= 4 is 0 Å². The fraction of sp³-hybridized carbons (Fsp3) is 0.400. The fourth-order valence-corrected chi connectivity index (χ4v) is 0.917. The minimum atomic E-state index is -0.631. The summed E-state index contributed by atoms with van der Waals surface area (Å²) in [4.78, 5) is 0. The summed E-state index contributed by atoms with van der Waals surface area (Å²) < 4.78 is 5.17. The van der Waals surface area contributed by atoms with Crippen molar-refractivity contribution < 1.29 is 9.84 Å². The first-order chi connectivity index (χ1) is 5.79. The van der Waals surface area contributed by atoms with Gasteiger partial charge in [-0.15, -0.1) is 0 Å². The van der Waals surface area contributed by atoms with Crippen LogP contribution >= 0.6 is 0 Å². The topological polar surface area (TPSA) is 29.1 Å². The summed E-state index contributed by atoms with van der Waals surface area (Å²) in [6.45, 7) is 2.42. The second kappa shape index (κ2) is 4.91. The van der Waals surface area contributed by atoms with E-state index in [0.717, 1.165) is 5.56 Å². The summed E-state index contributed by atoms with van der Waals surface area (Å²) in [6, 6.07) is 9.84. The minimum absolute atomic E-state index is 0.287. The molecule has 0 saturated heterocycles. The maximum Gasteiger partial charge on any atom is 0.113 e. The highest BCUT2D eigenvalue weighted by Gasteiger charge is 1.97. The quantitative estimate of drug-likeness (QED) is 0.671. The van der Waals surface area contributed by atoms with Crippen LogP contribution in [0.3, 0.4) is 0 Å². The van der Waals surface area contributed by atoms with Gasteiger partial charge in [-0.05, 0) is 12.5 Å². The number of hydrogen-bond donors (Lipinski definition) is 0. The number of benzene rings is 1. The van der Waals surface area contributed by atoms with Crippen LogP contribution in [-0.2, 0) is 16.5 Å². The summed E-state index contributed by atoms with van der Waals surface area (Å²) in [5, 5.41) is 10.6. The van der Waals surface area contributed by atoms with Crippen molar-refractivity contribution in [2.75, 3.05) is 6.61 Å². The largest absolute Gasteiger partial charge is 0.374 e. The van der Waals surface area contributed by atoms with E-state index in [1.54, 1.807) is 6.92 Å². The van der Waals surface area contributed by atoms with Gasteiger partial charge in [0.1, 0.15) is 6.10 Å². The van der Waals surface area contributed by atoms with Crippen LogP contribution in [0.25, 0.3) is 0 Å². The van der Waals surface area contributed by atoms with Gasteiger partial charge >= 0.3 is 0 Å². The molecule has 1 aromatic rings. The Bertz CT molecular complexity index is 206. The van der Waals surface area contributed by atoms with Crippen molar-refractivity contribution in [3.8, 4) is 0 Å². The SMILES string of the molecule is CC([O])COCc1ccccc1. The lowest BCUT2D eigenvalue weighted by molar-refractivity contribution is 0.00116. The number of hydrogen-bond acceptors (Lipinski definition) is 1. The molecule has 0 amide bonds. The Kier molecular flexibility index (Phi) is 3.77. The van der Waals surface area contributed by atoms with Crippen molar-refractivity contribution in [1.29, 1.82) is 0 Å². The monoisotopic (exact) mass is 165 g/mol. The van der Waals surface area contributed by atoms with Gasteiger partial charge in [-0.1, -0.05) is 30.3 Å². The highest BCUT2D eigenvalue weighted by molar-refractivity contribution is 5.13. The molecular weight excluding hydrogens is 152 g/mol. The predicted octanol–water partition coefficient (Wildman–Crippen LogP) is 2.02. The highest BCUT2D eigenvalue weighted by Crippen LogP contribution is 2.00. The second-order valence-corrected chi connectivity index (χ2v) is 2.81. The fourth-order valence-electron chi connectivity index (χ4n) is 0.917. The first-order valence-electron chi connectivity index (χ1n) is 4.06. The lowest BCUT2D eigenvalue weighted by Gasteiger charge is -2.04. The summed E-state index contributed by atoms with van der Waals surface area (Å²) in [6.07, 6.45) is -0.631. The number of ether oxygens (including phenoxy) is 1. The molecule has 0 N–H and O–H groups in total. The van der Waals surface area contributed by atoms with E-state index in [2.05, 4.69) is 0 Å². The first-order valence-corrected chi connectivity index (χ1v) is 4.06. The van der Waals surface area contributed by atoms with Crippen LogP contribution in [0.1, 0.15) is 12.5 Å². The number of rotatable bonds is 4. The van der Waals surface area contributed by atoms with Crippen molar-refractivity contribution in [2.45, 2.75) is 19.6 Å². The Morgan fingerprint density at radius 3 is 2.58 bits per heavy atom. The molecule has 0 heterocycles. The Hall–Kier alpha value is -0.860. The molecule has 0 fully saturated rings. The van der Waals surface area contributed by atoms with E-state index in [9.17, 15) is 5.11 Å². The van der Waals surface area contributed by atoms with Gasteiger partial charge in [0.2, 0.25) is 0 Å². The summed E-state index contributed by atoms with van der Waals surface area (Å²) in [5.74, 6) is 0.